The van der Waals surface area contributed by atoms with Gasteiger partial charge >= 0.3 is 0 Å². The number of H-pyrrole nitrogens is 1. The third kappa shape index (κ3) is 4.48. The van der Waals surface area contributed by atoms with Crippen LogP contribution in [0.25, 0.3) is 21.7 Å². The summed E-state index contributed by atoms with van der Waals surface area (Å²) in [5.41, 5.74) is 4.44. The summed E-state index contributed by atoms with van der Waals surface area (Å²) in [6.07, 6.45) is 6.97. The summed E-state index contributed by atoms with van der Waals surface area (Å²) in [5.74, 6) is -0.243. The number of oxazole rings is 1. The lowest BCUT2D eigenvalue weighted by Crippen LogP contribution is -2.44. The zero-order valence-electron chi connectivity index (χ0n) is 19.7. The average molecular weight is 493 g/mol. The molecule has 1 amide bonds. The molecule has 11 heteroatoms. The highest BCUT2D eigenvalue weighted by molar-refractivity contribution is 7.13. The Morgan fingerprint density at radius 1 is 1.06 bits per heavy atom. The zero-order chi connectivity index (χ0) is 23.8. The van der Waals surface area contributed by atoms with Gasteiger partial charge in [0, 0.05) is 62.5 Å². The van der Waals surface area contributed by atoms with E-state index in [0.29, 0.717) is 17.3 Å². The molecule has 2 saturated heterocycles. The van der Waals surface area contributed by atoms with Gasteiger partial charge in [0.15, 0.2) is 5.58 Å². The largest absolute Gasteiger partial charge is 0.423 e. The molecule has 0 unspecified atom stereocenters. The van der Waals surface area contributed by atoms with Crippen molar-refractivity contribution in [2.75, 3.05) is 61.4 Å². The normalized spacial score (nSPS) is 17.3. The van der Waals surface area contributed by atoms with Gasteiger partial charge in [-0.3, -0.25) is 9.89 Å². The van der Waals surface area contributed by atoms with Gasteiger partial charge in [0.2, 0.25) is 0 Å². The Bertz CT molecular complexity index is 1320. The van der Waals surface area contributed by atoms with Crippen LogP contribution in [0, 0.1) is 0 Å². The Hall–Kier alpha value is -3.44. The highest BCUT2D eigenvalue weighted by atomic mass is 32.1. The van der Waals surface area contributed by atoms with E-state index in [4.69, 9.17) is 9.40 Å². The number of carbonyl (C=O) groups excluding carboxylic acids is 1. The molecular formula is C24H28N8O2S. The van der Waals surface area contributed by atoms with E-state index in [1.54, 1.807) is 17.8 Å². The second-order valence-electron chi connectivity index (χ2n) is 9.15. The van der Waals surface area contributed by atoms with Crippen LogP contribution in [0.1, 0.15) is 29.8 Å². The fourth-order valence-electron chi connectivity index (χ4n) is 4.65. The van der Waals surface area contributed by atoms with Crippen molar-refractivity contribution in [2.24, 2.45) is 0 Å². The molecular weight excluding hydrogens is 464 g/mol. The Balaban J connectivity index is 1.31. The summed E-state index contributed by atoms with van der Waals surface area (Å²) in [7, 11) is 2.13. The summed E-state index contributed by atoms with van der Waals surface area (Å²) >= 11 is 1.42. The van der Waals surface area contributed by atoms with E-state index in [-0.39, 0.29) is 5.91 Å². The number of benzene rings is 1. The highest BCUT2D eigenvalue weighted by Crippen LogP contribution is 2.35. The molecule has 3 aromatic heterocycles. The second-order valence-corrected chi connectivity index (χ2v) is 10.0. The molecule has 0 radical (unpaired) electrons. The van der Waals surface area contributed by atoms with Crippen molar-refractivity contribution < 1.29 is 9.21 Å². The molecule has 2 aliphatic heterocycles. The second kappa shape index (κ2) is 9.31. The van der Waals surface area contributed by atoms with Crippen molar-refractivity contribution in [3.8, 4) is 10.6 Å². The van der Waals surface area contributed by atoms with Crippen LogP contribution in [0.2, 0.25) is 0 Å². The summed E-state index contributed by atoms with van der Waals surface area (Å²) in [5, 5.41) is 12.4. The number of rotatable bonds is 5. The third-order valence-electron chi connectivity index (χ3n) is 6.70. The predicted molar refractivity (Wildman–Crippen MR) is 137 cm³/mol. The van der Waals surface area contributed by atoms with Crippen LogP contribution in [0.3, 0.4) is 0 Å². The number of thiazole rings is 1. The Labute approximate surface area is 206 Å². The van der Waals surface area contributed by atoms with Crippen LogP contribution < -0.4 is 15.1 Å². The van der Waals surface area contributed by atoms with E-state index in [2.05, 4.69) is 48.3 Å². The number of hydrogen-bond acceptors (Lipinski definition) is 9. The standard InChI is InChI=1S/C24H28N8O2S/c1-30-7-9-32(10-8-30)24-29-18-11-20(31-5-3-2-4-6-31)17(12-21(18)34-24)27-22(33)19-15-35-23(28-19)16-13-25-26-14-16/h11-15H,2-10H2,1H3,(H,25,26)(H,27,33). The lowest BCUT2D eigenvalue weighted by Gasteiger charge is -2.31. The number of amides is 1. The smallest absolute Gasteiger partial charge is 0.298 e. The van der Waals surface area contributed by atoms with Crippen LogP contribution >= 0.6 is 11.3 Å². The fraction of sp³-hybridized carbons (Fsp3) is 0.417. The van der Waals surface area contributed by atoms with Gasteiger partial charge < -0.3 is 24.4 Å². The molecule has 0 bridgehead atoms. The van der Waals surface area contributed by atoms with Crippen molar-refractivity contribution in [3.05, 3.63) is 35.6 Å². The molecule has 182 valence electrons. The maximum absolute atomic E-state index is 13.2. The van der Waals surface area contributed by atoms with Crippen LogP contribution in [-0.4, -0.2) is 77.3 Å². The van der Waals surface area contributed by atoms with Crippen molar-refractivity contribution >= 4 is 45.7 Å². The predicted octanol–water partition coefficient (Wildman–Crippen LogP) is 3.67. The molecule has 10 nitrogen and oxygen atoms in total. The Kier molecular flexibility index (Phi) is 5.86. The minimum Gasteiger partial charge on any atom is -0.423 e. The van der Waals surface area contributed by atoms with Gasteiger partial charge in [-0.05, 0) is 32.4 Å². The van der Waals surface area contributed by atoms with Gasteiger partial charge in [0.05, 0.1) is 17.6 Å². The third-order valence-corrected chi connectivity index (χ3v) is 7.59. The van der Waals surface area contributed by atoms with E-state index in [1.165, 1.54) is 17.8 Å². The molecule has 2 N–H and O–H groups in total. The van der Waals surface area contributed by atoms with E-state index in [0.717, 1.165) is 79.6 Å². The maximum atomic E-state index is 13.2. The number of anilines is 3. The molecule has 2 aliphatic rings. The van der Waals surface area contributed by atoms with Gasteiger partial charge in [0.1, 0.15) is 16.2 Å². The van der Waals surface area contributed by atoms with Gasteiger partial charge in [-0.1, -0.05) is 0 Å². The van der Waals surface area contributed by atoms with Crippen LogP contribution in [0.15, 0.2) is 34.3 Å². The SMILES string of the molecule is CN1CCN(c2nc3cc(N4CCCCC4)c(NC(=O)c4csc(-c5cn[nH]c5)n4)cc3o2)CC1. The van der Waals surface area contributed by atoms with E-state index >= 15 is 0 Å². The molecule has 35 heavy (non-hydrogen) atoms. The first kappa shape index (κ1) is 22.1. The van der Waals surface area contributed by atoms with Crippen molar-refractivity contribution in [3.63, 3.8) is 0 Å². The number of hydrogen-bond donors (Lipinski definition) is 2. The molecule has 1 aromatic carbocycles. The molecule has 0 spiro atoms. The summed E-state index contributed by atoms with van der Waals surface area (Å²) in [6.45, 7) is 5.64. The first-order chi connectivity index (χ1) is 17.1. The quantitative estimate of drug-likeness (QED) is 0.435. The molecule has 5 heterocycles. The Morgan fingerprint density at radius 3 is 2.66 bits per heavy atom. The van der Waals surface area contributed by atoms with Gasteiger partial charge in [0.25, 0.3) is 11.9 Å². The molecule has 0 saturated carbocycles. The number of nitrogens with one attached hydrogen (secondary N) is 2. The molecule has 4 aromatic rings. The number of fused-ring (bicyclic) bond motifs is 1. The van der Waals surface area contributed by atoms with Crippen molar-refractivity contribution in [2.45, 2.75) is 19.3 Å². The van der Waals surface area contributed by atoms with Crippen molar-refractivity contribution in [1.29, 1.82) is 0 Å². The van der Waals surface area contributed by atoms with E-state index in [9.17, 15) is 4.79 Å². The number of piperazine rings is 1. The number of carbonyl (C=O) groups is 1. The topological polar surface area (TPSA) is 106 Å². The van der Waals surface area contributed by atoms with Crippen molar-refractivity contribution in [1.82, 2.24) is 25.1 Å². The maximum Gasteiger partial charge on any atom is 0.298 e. The number of likely N-dealkylation sites (N-methyl/N-ethyl adjacent to an activating group) is 1. The van der Waals surface area contributed by atoms with Gasteiger partial charge in [-0.2, -0.15) is 10.1 Å². The van der Waals surface area contributed by atoms with Crippen LogP contribution in [-0.2, 0) is 0 Å². The molecule has 0 aliphatic carbocycles. The zero-order valence-corrected chi connectivity index (χ0v) is 20.5. The minimum absolute atomic E-state index is 0.243. The lowest BCUT2D eigenvalue weighted by molar-refractivity contribution is 0.102. The van der Waals surface area contributed by atoms with Gasteiger partial charge in [-0.25, -0.2) is 4.98 Å². The van der Waals surface area contributed by atoms with E-state index in [1.807, 2.05) is 6.07 Å². The first-order valence-corrected chi connectivity index (χ1v) is 12.9. The number of nitrogens with zero attached hydrogens (tertiary/aromatic N) is 6. The molecule has 6 rings (SSSR count). The number of aromatic amines is 1. The molecule has 0 atom stereocenters. The Morgan fingerprint density at radius 2 is 1.89 bits per heavy atom. The summed E-state index contributed by atoms with van der Waals surface area (Å²) in [6, 6.07) is 4.61. The lowest BCUT2D eigenvalue weighted by atomic mass is 10.1. The van der Waals surface area contributed by atoms with Gasteiger partial charge in [-0.15, -0.1) is 11.3 Å². The van der Waals surface area contributed by atoms with Crippen LogP contribution in [0.4, 0.5) is 17.4 Å². The minimum atomic E-state index is -0.243. The molecule has 2 fully saturated rings. The summed E-state index contributed by atoms with van der Waals surface area (Å²) < 4.78 is 6.17. The fourth-order valence-corrected chi connectivity index (χ4v) is 5.43. The highest BCUT2D eigenvalue weighted by Gasteiger charge is 2.23. The number of aromatic nitrogens is 4. The summed E-state index contributed by atoms with van der Waals surface area (Å²) in [4.78, 5) is 29.3. The first-order valence-electron chi connectivity index (χ1n) is 12.0. The average Bonchev–Trinajstić information content (AvgIpc) is 3.65. The number of piperidine rings is 1. The monoisotopic (exact) mass is 492 g/mol. The van der Waals surface area contributed by atoms with Crippen LogP contribution in [0.5, 0.6) is 0 Å². The van der Waals surface area contributed by atoms with E-state index < -0.39 is 0 Å².